The van der Waals surface area contributed by atoms with Crippen molar-refractivity contribution in [1.29, 1.82) is 0 Å². The van der Waals surface area contributed by atoms with E-state index in [-0.39, 0.29) is 10.8 Å². The van der Waals surface area contributed by atoms with E-state index in [1.165, 1.54) is 22.9 Å². The van der Waals surface area contributed by atoms with Crippen LogP contribution >= 0.6 is 0 Å². The Morgan fingerprint density at radius 2 is 2.15 bits per heavy atom. The normalized spacial score (nSPS) is 15.2. The molecule has 1 aliphatic rings. The number of benzene rings is 1. The summed E-state index contributed by atoms with van der Waals surface area (Å²) in [5, 5.41) is 10.0. The van der Waals surface area contributed by atoms with Crippen molar-refractivity contribution in [2.24, 2.45) is 7.05 Å². The molecule has 2 aromatic rings. The van der Waals surface area contributed by atoms with Crippen molar-refractivity contribution in [3.05, 3.63) is 36.3 Å². The fourth-order valence-corrected chi connectivity index (χ4v) is 3.99. The van der Waals surface area contributed by atoms with Crippen LogP contribution in [-0.4, -0.2) is 29.6 Å². The maximum absolute atomic E-state index is 12.7. The molecule has 7 heteroatoms. The van der Waals surface area contributed by atoms with Gasteiger partial charge in [-0.2, -0.15) is 8.42 Å². The van der Waals surface area contributed by atoms with Crippen LogP contribution in [0.5, 0.6) is 5.75 Å². The van der Waals surface area contributed by atoms with Crippen LogP contribution in [0.25, 0.3) is 0 Å². The first-order valence-corrected chi connectivity index (χ1v) is 7.76. The van der Waals surface area contributed by atoms with E-state index in [2.05, 4.69) is 4.98 Å². The van der Waals surface area contributed by atoms with Crippen molar-refractivity contribution in [3.63, 3.8) is 0 Å². The Morgan fingerprint density at radius 3 is 2.85 bits per heavy atom. The van der Waals surface area contributed by atoms with Gasteiger partial charge in [0.2, 0.25) is 0 Å². The fourth-order valence-electron chi connectivity index (χ4n) is 2.47. The molecule has 20 heavy (non-hydrogen) atoms. The van der Waals surface area contributed by atoms with Crippen molar-refractivity contribution < 1.29 is 13.5 Å². The van der Waals surface area contributed by atoms with Crippen molar-refractivity contribution in [2.75, 3.05) is 10.8 Å². The summed E-state index contributed by atoms with van der Waals surface area (Å²) in [6.45, 7) is 0.351. The molecule has 6 nitrogen and oxygen atoms in total. The highest BCUT2D eigenvalue weighted by atomic mass is 32.2. The maximum Gasteiger partial charge on any atom is 0.283 e. The number of rotatable bonds is 2. The molecule has 1 aromatic carbocycles. The average Bonchev–Trinajstić information content (AvgIpc) is 2.86. The van der Waals surface area contributed by atoms with Crippen LogP contribution in [0.4, 0.5) is 5.69 Å². The molecule has 0 radical (unpaired) electrons. The van der Waals surface area contributed by atoms with Gasteiger partial charge in [0.25, 0.3) is 10.0 Å². The lowest BCUT2D eigenvalue weighted by Gasteiger charge is -2.30. The Kier molecular flexibility index (Phi) is 2.93. The van der Waals surface area contributed by atoms with E-state index >= 15 is 0 Å². The summed E-state index contributed by atoms with van der Waals surface area (Å²) in [5.41, 5.74) is 1.22. The van der Waals surface area contributed by atoms with Gasteiger partial charge in [-0.1, -0.05) is 12.1 Å². The number of phenolic OH excluding ortho intramolecular Hbond substituents is 1. The van der Waals surface area contributed by atoms with Crippen molar-refractivity contribution >= 4 is 15.7 Å². The number of hydrogen-bond donors (Lipinski definition) is 1. The molecule has 0 spiro atoms. The van der Waals surface area contributed by atoms with Gasteiger partial charge in [-0.25, -0.2) is 4.98 Å². The summed E-state index contributed by atoms with van der Waals surface area (Å²) < 4.78 is 28.1. The Bertz CT molecular complexity index is 752. The van der Waals surface area contributed by atoms with Crippen LogP contribution in [-0.2, 0) is 23.5 Å². The minimum absolute atomic E-state index is 0.00361. The number of aromatic nitrogens is 2. The van der Waals surface area contributed by atoms with Crippen LogP contribution in [0.15, 0.2) is 35.7 Å². The van der Waals surface area contributed by atoms with Gasteiger partial charge >= 0.3 is 0 Å². The van der Waals surface area contributed by atoms with Crippen LogP contribution in [0.1, 0.15) is 12.0 Å². The first-order valence-electron chi connectivity index (χ1n) is 6.32. The highest BCUT2D eigenvalue weighted by Crippen LogP contribution is 2.38. The molecule has 0 aliphatic carbocycles. The number of hydrogen-bond acceptors (Lipinski definition) is 4. The second-order valence-electron chi connectivity index (χ2n) is 4.84. The highest BCUT2D eigenvalue weighted by Gasteiger charge is 2.32. The Balaban J connectivity index is 2.13. The molecule has 106 valence electrons. The number of phenols is 1. The zero-order chi connectivity index (χ0) is 14.3. The van der Waals surface area contributed by atoms with Gasteiger partial charge in [0.1, 0.15) is 5.75 Å². The molecule has 0 amide bonds. The summed E-state index contributed by atoms with van der Waals surface area (Å²) in [5.74, 6) is -0.0123. The molecule has 0 saturated carbocycles. The third-order valence-corrected chi connectivity index (χ3v) is 5.08. The van der Waals surface area contributed by atoms with E-state index in [9.17, 15) is 13.5 Å². The van der Waals surface area contributed by atoms with E-state index in [4.69, 9.17) is 0 Å². The lowest BCUT2D eigenvalue weighted by molar-refractivity contribution is 0.472. The number of anilines is 1. The van der Waals surface area contributed by atoms with Gasteiger partial charge < -0.3 is 9.67 Å². The van der Waals surface area contributed by atoms with E-state index in [0.29, 0.717) is 12.2 Å². The van der Waals surface area contributed by atoms with Crippen LogP contribution in [0.3, 0.4) is 0 Å². The Labute approximate surface area is 117 Å². The summed E-state index contributed by atoms with van der Waals surface area (Å²) in [6.07, 6.45) is 4.40. The molecule has 1 N–H and O–H groups in total. The van der Waals surface area contributed by atoms with Gasteiger partial charge in [0, 0.05) is 19.8 Å². The topological polar surface area (TPSA) is 75.4 Å². The quantitative estimate of drug-likeness (QED) is 0.904. The fraction of sp³-hybridized carbons (Fsp3) is 0.308. The third kappa shape index (κ3) is 1.94. The first-order chi connectivity index (χ1) is 9.50. The van der Waals surface area contributed by atoms with Crippen molar-refractivity contribution in [1.82, 2.24) is 9.55 Å². The lowest BCUT2D eigenvalue weighted by atomic mass is 10.0. The lowest BCUT2D eigenvalue weighted by Crippen LogP contribution is -2.35. The largest absolute Gasteiger partial charge is 0.506 e. The smallest absolute Gasteiger partial charge is 0.283 e. The first kappa shape index (κ1) is 13.0. The van der Waals surface area contributed by atoms with Gasteiger partial charge in [-0.05, 0) is 24.5 Å². The van der Waals surface area contributed by atoms with E-state index in [1.807, 2.05) is 6.07 Å². The van der Waals surface area contributed by atoms with Crippen LogP contribution in [0, 0.1) is 0 Å². The van der Waals surface area contributed by atoms with Crippen LogP contribution < -0.4 is 4.31 Å². The summed E-state index contributed by atoms with van der Waals surface area (Å²) in [7, 11) is -2.02. The van der Waals surface area contributed by atoms with E-state index in [1.54, 1.807) is 17.7 Å². The van der Waals surface area contributed by atoms with Crippen LogP contribution in [0.2, 0.25) is 0 Å². The zero-order valence-electron chi connectivity index (χ0n) is 11.0. The molecule has 3 rings (SSSR count). The van der Waals surface area contributed by atoms with Gasteiger partial charge in [0.15, 0.2) is 5.03 Å². The van der Waals surface area contributed by atoms with E-state index in [0.717, 1.165) is 18.4 Å². The predicted molar refractivity (Wildman–Crippen MR) is 74.2 cm³/mol. The van der Waals surface area contributed by atoms with Gasteiger partial charge in [-0.15, -0.1) is 0 Å². The summed E-state index contributed by atoms with van der Waals surface area (Å²) >= 11 is 0. The highest BCUT2D eigenvalue weighted by molar-refractivity contribution is 7.92. The Hall–Kier alpha value is -2.02. The maximum atomic E-state index is 12.7. The van der Waals surface area contributed by atoms with Gasteiger partial charge in [0.05, 0.1) is 12.0 Å². The van der Waals surface area contributed by atoms with Gasteiger partial charge in [-0.3, -0.25) is 4.31 Å². The molecule has 0 unspecified atom stereocenters. The monoisotopic (exact) mass is 293 g/mol. The predicted octanol–water partition coefficient (Wildman–Crippen LogP) is 1.27. The van der Waals surface area contributed by atoms with E-state index < -0.39 is 10.0 Å². The number of sulfonamides is 1. The molecule has 2 heterocycles. The minimum atomic E-state index is -3.74. The Morgan fingerprint density at radius 1 is 1.35 bits per heavy atom. The second-order valence-corrected chi connectivity index (χ2v) is 6.65. The van der Waals surface area contributed by atoms with Crippen molar-refractivity contribution in [3.8, 4) is 5.75 Å². The molecule has 0 saturated heterocycles. The third-order valence-electron chi connectivity index (χ3n) is 3.39. The molecular weight excluding hydrogens is 278 g/mol. The summed E-state index contributed by atoms with van der Waals surface area (Å²) in [6, 6.07) is 5.07. The molecular formula is C13H15N3O3S. The summed E-state index contributed by atoms with van der Waals surface area (Å²) in [4.78, 5) is 3.92. The molecule has 1 aromatic heterocycles. The second kappa shape index (κ2) is 4.52. The number of nitrogens with zero attached hydrogens (tertiary/aromatic N) is 3. The standard InChI is InChI=1S/C13H15N3O3S/c1-15-8-12(14-9-15)20(18,19)16-7-3-5-10-4-2-6-11(17)13(10)16/h2,4,6,8-9,17H,3,5,7H2,1H3. The number of aromatic hydroxyl groups is 1. The number of aryl methyl sites for hydroxylation is 2. The minimum Gasteiger partial charge on any atom is -0.506 e. The number of imidazole rings is 1. The number of fused-ring (bicyclic) bond motifs is 1. The molecule has 0 atom stereocenters. The average molecular weight is 293 g/mol. The molecule has 0 bridgehead atoms. The number of para-hydroxylation sites is 1. The molecule has 1 aliphatic heterocycles. The molecule has 0 fully saturated rings. The SMILES string of the molecule is Cn1cnc(S(=O)(=O)N2CCCc3cccc(O)c32)c1. The van der Waals surface area contributed by atoms with Crippen molar-refractivity contribution in [2.45, 2.75) is 17.9 Å². The zero-order valence-corrected chi connectivity index (χ0v) is 11.8.